The largest absolute Gasteiger partial charge is 0.480 e. The van der Waals surface area contributed by atoms with Crippen molar-refractivity contribution in [1.82, 2.24) is 10.2 Å². The summed E-state index contributed by atoms with van der Waals surface area (Å²) in [7, 11) is 1.74. The number of rotatable bonds is 5. The summed E-state index contributed by atoms with van der Waals surface area (Å²) in [4.78, 5) is 23.9. The Morgan fingerprint density at radius 2 is 2.29 bits per heavy atom. The number of carboxylic acid groups (broad SMARTS) is 1. The number of ether oxygens (including phenoxy) is 1. The van der Waals surface area contributed by atoms with Crippen molar-refractivity contribution < 1.29 is 19.4 Å². The fourth-order valence-corrected chi connectivity index (χ4v) is 1.80. The molecule has 0 aromatic rings. The zero-order valence-electron chi connectivity index (χ0n) is 9.68. The monoisotopic (exact) mass is 240 g/mol. The molecule has 0 aliphatic carbocycles. The van der Waals surface area contributed by atoms with Crippen LogP contribution in [0.1, 0.15) is 0 Å². The van der Waals surface area contributed by atoms with Gasteiger partial charge in [-0.1, -0.05) is 5.92 Å². The Labute approximate surface area is 99.9 Å². The molecule has 0 saturated carbocycles. The number of carboxylic acids is 1. The molecule has 0 aromatic carbocycles. The number of amides is 1. The molecule has 1 heterocycles. The van der Waals surface area contributed by atoms with Gasteiger partial charge in [-0.25, -0.2) is 0 Å². The van der Waals surface area contributed by atoms with Crippen molar-refractivity contribution >= 4 is 11.9 Å². The summed E-state index contributed by atoms with van der Waals surface area (Å²) in [5.41, 5.74) is 0. The second-order valence-corrected chi connectivity index (χ2v) is 3.83. The number of hydrogen-bond donors (Lipinski definition) is 2. The summed E-state index contributed by atoms with van der Waals surface area (Å²) in [5, 5.41) is 11.7. The molecule has 6 heteroatoms. The Bertz CT molecular complexity index is 337. The first-order chi connectivity index (χ1) is 8.10. The standard InChI is InChI=1S/C11H16N2O4/c1-3-4-13(5-10(14)15)11(16)8-6-17-7-9(8)12-2/h1,8-9,12H,4-7H2,2H3,(H,14,15). The molecule has 0 spiro atoms. The van der Waals surface area contributed by atoms with Crippen LogP contribution in [-0.4, -0.2) is 61.3 Å². The van der Waals surface area contributed by atoms with E-state index in [2.05, 4.69) is 11.2 Å². The van der Waals surface area contributed by atoms with E-state index in [1.807, 2.05) is 0 Å². The highest BCUT2D eigenvalue weighted by atomic mass is 16.5. The van der Waals surface area contributed by atoms with E-state index < -0.39 is 5.97 Å². The highest BCUT2D eigenvalue weighted by Gasteiger charge is 2.35. The number of hydrogen-bond acceptors (Lipinski definition) is 4. The minimum Gasteiger partial charge on any atom is -0.480 e. The molecule has 1 saturated heterocycles. The van der Waals surface area contributed by atoms with Crippen LogP contribution < -0.4 is 5.32 Å². The van der Waals surface area contributed by atoms with Gasteiger partial charge in [0.05, 0.1) is 25.7 Å². The molecule has 17 heavy (non-hydrogen) atoms. The van der Waals surface area contributed by atoms with Gasteiger partial charge in [0.1, 0.15) is 6.54 Å². The van der Waals surface area contributed by atoms with Crippen molar-refractivity contribution in [3.8, 4) is 12.3 Å². The zero-order chi connectivity index (χ0) is 12.8. The molecule has 2 unspecified atom stereocenters. The number of carbonyl (C=O) groups excluding carboxylic acids is 1. The van der Waals surface area contributed by atoms with Crippen LogP contribution in [0.5, 0.6) is 0 Å². The number of likely N-dealkylation sites (N-methyl/N-ethyl adjacent to an activating group) is 1. The number of carbonyl (C=O) groups is 2. The van der Waals surface area contributed by atoms with Crippen molar-refractivity contribution in [2.75, 3.05) is 33.4 Å². The number of aliphatic carboxylic acids is 1. The van der Waals surface area contributed by atoms with Gasteiger partial charge in [-0.05, 0) is 7.05 Å². The van der Waals surface area contributed by atoms with Crippen LogP contribution in [0.25, 0.3) is 0 Å². The third-order valence-corrected chi connectivity index (χ3v) is 2.69. The minimum absolute atomic E-state index is 0.00192. The van der Waals surface area contributed by atoms with Gasteiger partial charge in [0.15, 0.2) is 0 Å². The summed E-state index contributed by atoms with van der Waals surface area (Å²) >= 11 is 0. The number of nitrogens with zero attached hydrogens (tertiary/aromatic N) is 1. The van der Waals surface area contributed by atoms with Crippen LogP contribution in [0.15, 0.2) is 0 Å². The third-order valence-electron chi connectivity index (χ3n) is 2.69. The molecule has 1 rings (SSSR count). The van der Waals surface area contributed by atoms with Crippen molar-refractivity contribution in [3.05, 3.63) is 0 Å². The minimum atomic E-state index is -1.08. The fourth-order valence-electron chi connectivity index (χ4n) is 1.80. The molecule has 94 valence electrons. The van der Waals surface area contributed by atoms with E-state index in [-0.39, 0.29) is 31.0 Å². The molecule has 2 atom stereocenters. The van der Waals surface area contributed by atoms with Crippen LogP contribution in [-0.2, 0) is 14.3 Å². The molecule has 2 N–H and O–H groups in total. The van der Waals surface area contributed by atoms with Gasteiger partial charge in [0.2, 0.25) is 5.91 Å². The van der Waals surface area contributed by atoms with Crippen LogP contribution in [0.4, 0.5) is 0 Å². The van der Waals surface area contributed by atoms with Crippen molar-refractivity contribution in [2.24, 2.45) is 5.92 Å². The average molecular weight is 240 g/mol. The first-order valence-electron chi connectivity index (χ1n) is 5.29. The first-order valence-corrected chi connectivity index (χ1v) is 5.29. The lowest BCUT2D eigenvalue weighted by molar-refractivity contribution is -0.146. The molecule has 1 aliphatic rings. The van der Waals surface area contributed by atoms with Crippen molar-refractivity contribution in [3.63, 3.8) is 0 Å². The van der Waals surface area contributed by atoms with Gasteiger partial charge in [0.25, 0.3) is 0 Å². The number of nitrogens with one attached hydrogen (secondary N) is 1. The van der Waals surface area contributed by atoms with E-state index >= 15 is 0 Å². The first kappa shape index (κ1) is 13.5. The Hall–Kier alpha value is -1.58. The highest BCUT2D eigenvalue weighted by Crippen LogP contribution is 2.16. The lowest BCUT2D eigenvalue weighted by Gasteiger charge is -2.24. The molecule has 1 fully saturated rings. The van der Waals surface area contributed by atoms with Crippen LogP contribution in [0.3, 0.4) is 0 Å². The summed E-state index contributed by atoms with van der Waals surface area (Å²) in [5.74, 6) is 0.572. The van der Waals surface area contributed by atoms with Crippen molar-refractivity contribution in [1.29, 1.82) is 0 Å². The Kier molecular flexibility index (Phi) is 4.94. The SMILES string of the molecule is C#CCN(CC(=O)O)C(=O)C1COCC1NC. The van der Waals surface area contributed by atoms with E-state index in [0.29, 0.717) is 13.2 Å². The molecule has 0 aromatic heterocycles. The molecular weight excluding hydrogens is 224 g/mol. The summed E-state index contributed by atoms with van der Waals surface area (Å²) < 4.78 is 5.21. The van der Waals surface area contributed by atoms with Crippen LogP contribution in [0.2, 0.25) is 0 Å². The normalized spacial score (nSPS) is 23.1. The van der Waals surface area contributed by atoms with E-state index in [4.69, 9.17) is 16.3 Å². The smallest absolute Gasteiger partial charge is 0.323 e. The van der Waals surface area contributed by atoms with Gasteiger partial charge >= 0.3 is 5.97 Å². The van der Waals surface area contributed by atoms with Gasteiger partial charge in [0, 0.05) is 6.04 Å². The summed E-state index contributed by atoms with van der Waals surface area (Å²) in [6, 6.07) is -0.0865. The van der Waals surface area contributed by atoms with E-state index in [9.17, 15) is 9.59 Å². The van der Waals surface area contributed by atoms with E-state index in [1.165, 1.54) is 0 Å². The quantitative estimate of drug-likeness (QED) is 0.588. The Morgan fingerprint density at radius 3 is 2.82 bits per heavy atom. The number of terminal acetylenes is 1. The summed E-state index contributed by atoms with van der Waals surface area (Å²) in [6.45, 7) is 0.364. The maximum Gasteiger partial charge on any atom is 0.323 e. The van der Waals surface area contributed by atoms with Gasteiger partial charge in [-0.3, -0.25) is 9.59 Å². The second kappa shape index (κ2) is 6.23. The van der Waals surface area contributed by atoms with Gasteiger partial charge in [-0.2, -0.15) is 0 Å². The van der Waals surface area contributed by atoms with Crippen molar-refractivity contribution in [2.45, 2.75) is 6.04 Å². The lowest BCUT2D eigenvalue weighted by Crippen LogP contribution is -2.46. The molecule has 6 nitrogen and oxygen atoms in total. The van der Waals surface area contributed by atoms with Gasteiger partial charge in [-0.15, -0.1) is 6.42 Å². The second-order valence-electron chi connectivity index (χ2n) is 3.83. The molecular formula is C11H16N2O4. The average Bonchev–Trinajstić information content (AvgIpc) is 2.74. The highest BCUT2D eigenvalue weighted by molar-refractivity contribution is 5.84. The molecule has 0 bridgehead atoms. The lowest BCUT2D eigenvalue weighted by atomic mass is 10.0. The molecule has 1 aliphatic heterocycles. The maximum atomic E-state index is 12.1. The van der Waals surface area contributed by atoms with Gasteiger partial charge < -0.3 is 20.1 Å². The zero-order valence-corrected chi connectivity index (χ0v) is 9.68. The van der Waals surface area contributed by atoms with Crippen LogP contribution >= 0.6 is 0 Å². The predicted octanol–water partition coefficient (Wildman–Crippen LogP) is -1.23. The Balaban J connectivity index is 2.70. The fraction of sp³-hybridized carbons (Fsp3) is 0.636. The topological polar surface area (TPSA) is 78.9 Å². The van der Waals surface area contributed by atoms with E-state index in [0.717, 1.165) is 4.90 Å². The predicted molar refractivity (Wildman–Crippen MR) is 60.2 cm³/mol. The molecule has 1 amide bonds. The van der Waals surface area contributed by atoms with E-state index in [1.54, 1.807) is 7.05 Å². The summed E-state index contributed by atoms with van der Waals surface area (Å²) in [6.07, 6.45) is 5.13. The molecule has 0 radical (unpaired) electrons. The Morgan fingerprint density at radius 1 is 1.59 bits per heavy atom. The van der Waals surface area contributed by atoms with Crippen LogP contribution in [0, 0.1) is 18.3 Å². The third kappa shape index (κ3) is 3.44. The maximum absolute atomic E-state index is 12.1.